The van der Waals surface area contributed by atoms with Gasteiger partial charge in [-0.05, 0) is 13.8 Å². The monoisotopic (exact) mass is 231 g/mol. The molecule has 0 aliphatic heterocycles. The lowest BCUT2D eigenvalue weighted by atomic mass is 9.97. The molecule has 0 aromatic carbocycles. The Bertz CT molecular complexity index is 259. The van der Waals surface area contributed by atoms with Gasteiger partial charge in [-0.2, -0.15) is 0 Å². The van der Waals surface area contributed by atoms with Crippen molar-refractivity contribution in [1.82, 2.24) is 4.98 Å². The van der Waals surface area contributed by atoms with Gasteiger partial charge in [0, 0.05) is 5.33 Å². The van der Waals surface area contributed by atoms with Crippen molar-refractivity contribution >= 4 is 15.9 Å². The number of rotatable bonds is 2. The maximum absolute atomic E-state index is 5.53. The van der Waals surface area contributed by atoms with E-state index in [1.165, 1.54) is 0 Å². The summed E-state index contributed by atoms with van der Waals surface area (Å²) < 4.78 is 5.53. The molecule has 0 spiro atoms. The zero-order valence-corrected chi connectivity index (χ0v) is 9.53. The number of aryl methyl sites for hydroxylation is 2. The molecule has 0 aliphatic carbocycles. The Hall–Kier alpha value is -0.310. The van der Waals surface area contributed by atoms with Crippen molar-refractivity contribution in [2.24, 2.45) is 0 Å². The van der Waals surface area contributed by atoms with Gasteiger partial charge in [0.2, 0.25) is 5.89 Å². The first kappa shape index (κ1) is 9.78. The summed E-state index contributed by atoms with van der Waals surface area (Å²) in [6.07, 6.45) is 0. The van der Waals surface area contributed by atoms with E-state index < -0.39 is 0 Å². The van der Waals surface area contributed by atoms with Crippen LogP contribution in [0.5, 0.6) is 0 Å². The molecular weight excluding hydrogens is 218 g/mol. The Balaban J connectivity index is 3.04. The topological polar surface area (TPSA) is 26.0 Å². The first-order chi connectivity index (χ1) is 5.47. The van der Waals surface area contributed by atoms with Crippen LogP contribution in [0.4, 0.5) is 0 Å². The molecule has 0 N–H and O–H groups in total. The summed E-state index contributed by atoms with van der Waals surface area (Å²) >= 11 is 3.44. The van der Waals surface area contributed by atoms with Gasteiger partial charge in [-0.25, -0.2) is 4.98 Å². The molecule has 3 heteroatoms. The van der Waals surface area contributed by atoms with Crippen LogP contribution < -0.4 is 0 Å². The molecule has 0 aliphatic rings. The zero-order valence-electron chi connectivity index (χ0n) is 7.94. The van der Waals surface area contributed by atoms with Crippen LogP contribution in [0, 0.1) is 13.8 Å². The Kier molecular flexibility index (Phi) is 2.61. The molecule has 0 atom stereocenters. The molecule has 0 saturated carbocycles. The minimum atomic E-state index is -0.0149. The van der Waals surface area contributed by atoms with E-state index in [0.29, 0.717) is 0 Å². The first-order valence-corrected chi connectivity index (χ1v) is 5.10. The summed E-state index contributed by atoms with van der Waals surface area (Å²) in [6, 6.07) is 0. The fourth-order valence-corrected chi connectivity index (χ4v) is 1.06. The van der Waals surface area contributed by atoms with Crippen molar-refractivity contribution in [2.45, 2.75) is 33.1 Å². The third kappa shape index (κ3) is 1.71. The molecule has 0 unspecified atom stereocenters. The molecule has 1 aromatic rings. The largest absolute Gasteiger partial charge is 0.445 e. The highest BCUT2D eigenvalue weighted by Crippen LogP contribution is 2.25. The highest BCUT2D eigenvalue weighted by Gasteiger charge is 2.25. The van der Waals surface area contributed by atoms with Gasteiger partial charge in [0.25, 0.3) is 0 Å². The zero-order chi connectivity index (χ0) is 9.35. The molecule has 1 rings (SSSR count). The predicted molar refractivity (Wildman–Crippen MR) is 52.8 cm³/mol. The van der Waals surface area contributed by atoms with E-state index in [2.05, 4.69) is 34.8 Å². The van der Waals surface area contributed by atoms with Crippen LogP contribution in [0.25, 0.3) is 0 Å². The van der Waals surface area contributed by atoms with E-state index in [1.807, 2.05) is 13.8 Å². The molecule has 1 heterocycles. The number of hydrogen-bond acceptors (Lipinski definition) is 2. The number of nitrogens with zero attached hydrogens (tertiary/aromatic N) is 1. The molecule has 0 saturated heterocycles. The highest BCUT2D eigenvalue weighted by molar-refractivity contribution is 9.09. The Labute approximate surface area is 81.5 Å². The SMILES string of the molecule is Cc1nc(C(C)(C)CBr)oc1C. The third-order valence-electron chi connectivity index (χ3n) is 1.94. The average molecular weight is 232 g/mol. The molecule has 0 bridgehead atoms. The highest BCUT2D eigenvalue weighted by atomic mass is 79.9. The van der Waals surface area contributed by atoms with Crippen LogP contribution in [0.1, 0.15) is 31.2 Å². The lowest BCUT2D eigenvalue weighted by Gasteiger charge is -2.16. The van der Waals surface area contributed by atoms with Crippen LogP contribution in [-0.4, -0.2) is 10.3 Å². The van der Waals surface area contributed by atoms with Crippen LogP contribution in [-0.2, 0) is 5.41 Å². The van der Waals surface area contributed by atoms with Gasteiger partial charge >= 0.3 is 0 Å². The van der Waals surface area contributed by atoms with E-state index in [9.17, 15) is 0 Å². The molecular formula is C9H14BrNO. The van der Waals surface area contributed by atoms with Crippen LogP contribution >= 0.6 is 15.9 Å². The van der Waals surface area contributed by atoms with Gasteiger partial charge in [0.1, 0.15) is 5.76 Å². The van der Waals surface area contributed by atoms with Gasteiger partial charge < -0.3 is 4.42 Å². The molecule has 0 fully saturated rings. The standard InChI is InChI=1S/C9H14BrNO/c1-6-7(2)12-8(11-6)9(3,4)5-10/h5H2,1-4H3. The van der Waals surface area contributed by atoms with Crippen molar-refractivity contribution < 1.29 is 4.42 Å². The smallest absolute Gasteiger partial charge is 0.201 e. The summed E-state index contributed by atoms with van der Waals surface area (Å²) in [5.41, 5.74) is 0.970. The van der Waals surface area contributed by atoms with Crippen molar-refractivity contribution in [2.75, 3.05) is 5.33 Å². The van der Waals surface area contributed by atoms with Crippen LogP contribution in [0.2, 0.25) is 0 Å². The Morgan fingerprint density at radius 2 is 2.00 bits per heavy atom. The second kappa shape index (κ2) is 3.21. The van der Waals surface area contributed by atoms with Crippen molar-refractivity contribution in [1.29, 1.82) is 0 Å². The van der Waals surface area contributed by atoms with E-state index >= 15 is 0 Å². The second-order valence-electron chi connectivity index (χ2n) is 3.68. The fourth-order valence-electron chi connectivity index (χ4n) is 0.819. The van der Waals surface area contributed by atoms with Crippen molar-refractivity contribution in [3.05, 3.63) is 17.3 Å². The summed E-state index contributed by atoms with van der Waals surface area (Å²) in [7, 11) is 0. The molecule has 0 amide bonds. The van der Waals surface area contributed by atoms with Crippen LogP contribution in [0.3, 0.4) is 0 Å². The van der Waals surface area contributed by atoms with E-state index in [4.69, 9.17) is 4.42 Å². The van der Waals surface area contributed by atoms with Crippen molar-refractivity contribution in [3.8, 4) is 0 Å². The van der Waals surface area contributed by atoms with Crippen molar-refractivity contribution in [3.63, 3.8) is 0 Å². The first-order valence-electron chi connectivity index (χ1n) is 3.98. The number of hydrogen-bond donors (Lipinski definition) is 0. The Morgan fingerprint density at radius 1 is 1.42 bits per heavy atom. The number of aromatic nitrogens is 1. The van der Waals surface area contributed by atoms with Crippen LogP contribution in [0.15, 0.2) is 4.42 Å². The van der Waals surface area contributed by atoms with Gasteiger partial charge in [-0.1, -0.05) is 29.8 Å². The summed E-state index contributed by atoms with van der Waals surface area (Å²) in [6.45, 7) is 8.11. The number of alkyl halides is 1. The van der Waals surface area contributed by atoms with E-state index in [1.54, 1.807) is 0 Å². The lowest BCUT2D eigenvalue weighted by molar-refractivity contribution is 0.386. The maximum atomic E-state index is 5.53. The molecule has 1 aromatic heterocycles. The minimum absolute atomic E-state index is 0.0149. The maximum Gasteiger partial charge on any atom is 0.201 e. The van der Waals surface area contributed by atoms with Gasteiger partial charge in [0.15, 0.2) is 0 Å². The third-order valence-corrected chi connectivity index (χ3v) is 3.34. The normalized spacial score (nSPS) is 12.1. The lowest BCUT2D eigenvalue weighted by Crippen LogP contribution is -2.19. The van der Waals surface area contributed by atoms with Gasteiger partial charge in [-0.15, -0.1) is 0 Å². The average Bonchev–Trinajstić information content (AvgIpc) is 2.33. The molecule has 2 nitrogen and oxygen atoms in total. The number of halogens is 1. The molecule has 0 radical (unpaired) electrons. The minimum Gasteiger partial charge on any atom is -0.445 e. The quantitative estimate of drug-likeness (QED) is 0.732. The summed E-state index contributed by atoms with van der Waals surface area (Å²) in [5.74, 6) is 1.73. The second-order valence-corrected chi connectivity index (χ2v) is 4.24. The summed E-state index contributed by atoms with van der Waals surface area (Å²) in [5, 5.41) is 0.861. The Morgan fingerprint density at radius 3 is 2.33 bits per heavy atom. The number of oxazole rings is 1. The van der Waals surface area contributed by atoms with Gasteiger partial charge in [-0.3, -0.25) is 0 Å². The predicted octanol–water partition coefficient (Wildman–Crippen LogP) is 2.96. The van der Waals surface area contributed by atoms with E-state index in [-0.39, 0.29) is 5.41 Å². The molecule has 68 valence electrons. The van der Waals surface area contributed by atoms with E-state index in [0.717, 1.165) is 22.7 Å². The molecule has 12 heavy (non-hydrogen) atoms. The fraction of sp³-hybridized carbons (Fsp3) is 0.667. The van der Waals surface area contributed by atoms with Gasteiger partial charge in [0.05, 0.1) is 11.1 Å². The summed E-state index contributed by atoms with van der Waals surface area (Å²) in [4.78, 5) is 4.36.